The Morgan fingerprint density at radius 3 is 3.00 bits per heavy atom. The minimum Gasteiger partial charge on any atom is -0.435 e. The molecule has 4 heteroatoms. The smallest absolute Gasteiger partial charge is 0.387 e. The summed E-state index contributed by atoms with van der Waals surface area (Å²) in [6, 6.07) is 5.23. The van der Waals surface area contributed by atoms with Crippen molar-refractivity contribution < 1.29 is 18.3 Å². The second kappa shape index (κ2) is 4.78. The number of halogens is 2. The highest BCUT2D eigenvalue weighted by atomic mass is 19.3. The molecule has 88 valence electrons. The molecule has 0 fully saturated rings. The third-order valence-corrected chi connectivity index (χ3v) is 2.77. The van der Waals surface area contributed by atoms with Crippen LogP contribution in [0.5, 0.6) is 5.75 Å². The molecule has 0 radical (unpaired) electrons. The minimum atomic E-state index is -2.77. The van der Waals surface area contributed by atoms with Gasteiger partial charge in [0.1, 0.15) is 5.75 Å². The van der Waals surface area contributed by atoms with Crippen LogP contribution in [0.2, 0.25) is 0 Å². The maximum Gasteiger partial charge on any atom is 0.387 e. The van der Waals surface area contributed by atoms with Gasteiger partial charge in [-0.2, -0.15) is 8.78 Å². The molecule has 0 aromatic heterocycles. The molecule has 1 unspecified atom stereocenters. The van der Waals surface area contributed by atoms with E-state index in [1.807, 2.05) is 13.0 Å². The van der Waals surface area contributed by atoms with Gasteiger partial charge in [0.15, 0.2) is 0 Å². The first-order valence-corrected chi connectivity index (χ1v) is 5.40. The summed E-state index contributed by atoms with van der Waals surface area (Å²) in [6.07, 6.45) is 1.48. The summed E-state index contributed by atoms with van der Waals surface area (Å²) < 4.78 is 34.5. The van der Waals surface area contributed by atoms with Gasteiger partial charge < -0.3 is 9.47 Å². The maximum absolute atomic E-state index is 12.2. The largest absolute Gasteiger partial charge is 0.435 e. The molecule has 0 saturated carbocycles. The summed E-state index contributed by atoms with van der Waals surface area (Å²) in [5, 5.41) is 0. The van der Waals surface area contributed by atoms with Gasteiger partial charge in [-0.25, -0.2) is 0 Å². The Morgan fingerprint density at radius 1 is 1.50 bits per heavy atom. The number of benzene rings is 1. The maximum atomic E-state index is 12.2. The van der Waals surface area contributed by atoms with Gasteiger partial charge in [-0.1, -0.05) is 19.1 Å². The molecule has 0 N–H and O–H groups in total. The SMILES string of the molecule is CCC1OCCc2c(OC(F)F)cccc21. The second-order valence-corrected chi connectivity index (χ2v) is 3.72. The lowest BCUT2D eigenvalue weighted by Gasteiger charge is -2.26. The highest BCUT2D eigenvalue weighted by Crippen LogP contribution is 2.35. The van der Waals surface area contributed by atoms with Crippen molar-refractivity contribution in [3.05, 3.63) is 29.3 Å². The molecular weight excluding hydrogens is 214 g/mol. The summed E-state index contributed by atoms with van der Waals surface area (Å²) in [5.41, 5.74) is 1.84. The highest BCUT2D eigenvalue weighted by molar-refractivity contribution is 5.42. The lowest BCUT2D eigenvalue weighted by molar-refractivity contribution is -0.0516. The Morgan fingerprint density at radius 2 is 2.31 bits per heavy atom. The molecule has 0 saturated heterocycles. The molecular formula is C12H14F2O2. The van der Waals surface area contributed by atoms with Crippen LogP contribution < -0.4 is 4.74 Å². The third-order valence-electron chi connectivity index (χ3n) is 2.77. The summed E-state index contributed by atoms with van der Waals surface area (Å²) in [5.74, 6) is 0.286. The molecule has 1 aromatic carbocycles. The van der Waals surface area contributed by atoms with Crippen LogP contribution in [0.4, 0.5) is 8.78 Å². The van der Waals surface area contributed by atoms with Gasteiger partial charge in [0.05, 0.1) is 12.7 Å². The van der Waals surface area contributed by atoms with Crippen molar-refractivity contribution in [2.75, 3.05) is 6.61 Å². The number of hydrogen-bond acceptors (Lipinski definition) is 2. The van der Waals surface area contributed by atoms with Gasteiger partial charge in [-0.15, -0.1) is 0 Å². The van der Waals surface area contributed by atoms with Crippen molar-refractivity contribution >= 4 is 0 Å². The average Bonchev–Trinajstić information content (AvgIpc) is 2.28. The molecule has 1 aliphatic heterocycles. The van der Waals surface area contributed by atoms with Gasteiger partial charge in [0.2, 0.25) is 0 Å². The first-order valence-electron chi connectivity index (χ1n) is 5.40. The van der Waals surface area contributed by atoms with Gasteiger partial charge >= 0.3 is 6.61 Å². The quantitative estimate of drug-likeness (QED) is 0.790. The van der Waals surface area contributed by atoms with Gasteiger partial charge in [-0.05, 0) is 24.5 Å². The number of fused-ring (bicyclic) bond motifs is 1. The number of hydrogen-bond donors (Lipinski definition) is 0. The van der Waals surface area contributed by atoms with E-state index in [-0.39, 0.29) is 11.9 Å². The fourth-order valence-corrected chi connectivity index (χ4v) is 2.09. The molecule has 2 rings (SSSR count). The lowest BCUT2D eigenvalue weighted by Crippen LogP contribution is -2.17. The van der Waals surface area contributed by atoms with Crippen LogP contribution in [0.3, 0.4) is 0 Å². The van der Waals surface area contributed by atoms with E-state index >= 15 is 0 Å². The van der Waals surface area contributed by atoms with Crippen LogP contribution >= 0.6 is 0 Å². The molecule has 2 nitrogen and oxygen atoms in total. The van der Waals surface area contributed by atoms with Crippen molar-refractivity contribution in [3.63, 3.8) is 0 Å². The predicted molar refractivity (Wildman–Crippen MR) is 55.8 cm³/mol. The lowest BCUT2D eigenvalue weighted by atomic mass is 9.95. The zero-order valence-corrected chi connectivity index (χ0v) is 9.08. The van der Waals surface area contributed by atoms with E-state index in [1.165, 1.54) is 0 Å². The van der Waals surface area contributed by atoms with Crippen molar-refractivity contribution in [1.29, 1.82) is 0 Å². The molecule has 0 aliphatic carbocycles. The monoisotopic (exact) mass is 228 g/mol. The van der Waals surface area contributed by atoms with E-state index in [0.29, 0.717) is 13.0 Å². The Bertz CT molecular complexity index is 366. The van der Waals surface area contributed by atoms with Crippen LogP contribution in [-0.4, -0.2) is 13.2 Å². The molecule has 0 bridgehead atoms. The number of alkyl halides is 2. The van der Waals surface area contributed by atoms with Crippen LogP contribution in [0.25, 0.3) is 0 Å². The predicted octanol–water partition coefficient (Wildman–Crippen LogP) is 3.31. The highest BCUT2D eigenvalue weighted by Gasteiger charge is 2.23. The van der Waals surface area contributed by atoms with Crippen LogP contribution in [0, 0.1) is 0 Å². The first kappa shape index (κ1) is 11.3. The molecule has 1 heterocycles. The Kier molecular flexibility index (Phi) is 3.39. The van der Waals surface area contributed by atoms with E-state index in [4.69, 9.17) is 4.74 Å². The fraction of sp³-hybridized carbons (Fsp3) is 0.500. The second-order valence-electron chi connectivity index (χ2n) is 3.72. The topological polar surface area (TPSA) is 18.5 Å². The zero-order valence-electron chi connectivity index (χ0n) is 9.08. The molecule has 1 aromatic rings. The minimum absolute atomic E-state index is 0.00460. The molecule has 0 spiro atoms. The third kappa shape index (κ3) is 2.16. The number of rotatable bonds is 3. The van der Waals surface area contributed by atoms with E-state index in [9.17, 15) is 8.78 Å². The van der Waals surface area contributed by atoms with Crippen molar-refractivity contribution in [3.8, 4) is 5.75 Å². The fourth-order valence-electron chi connectivity index (χ4n) is 2.09. The summed E-state index contributed by atoms with van der Waals surface area (Å²) in [7, 11) is 0. The summed E-state index contributed by atoms with van der Waals surface area (Å²) in [4.78, 5) is 0. The van der Waals surface area contributed by atoms with Crippen molar-refractivity contribution in [2.24, 2.45) is 0 Å². The van der Waals surface area contributed by atoms with Gasteiger partial charge in [0.25, 0.3) is 0 Å². The summed E-state index contributed by atoms with van der Waals surface area (Å²) in [6.45, 7) is -0.190. The molecule has 1 aliphatic rings. The van der Waals surface area contributed by atoms with Crippen LogP contribution in [0.15, 0.2) is 18.2 Å². The van der Waals surface area contributed by atoms with E-state index in [1.54, 1.807) is 12.1 Å². The van der Waals surface area contributed by atoms with E-state index in [0.717, 1.165) is 17.5 Å². The zero-order chi connectivity index (χ0) is 11.5. The van der Waals surface area contributed by atoms with Crippen LogP contribution in [0.1, 0.15) is 30.6 Å². The van der Waals surface area contributed by atoms with Gasteiger partial charge in [-0.3, -0.25) is 0 Å². The summed E-state index contributed by atoms with van der Waals surface area (Å²) >= 11 is 0. The van der Waals surface area contributed by atoms with Crippen molar-refractivity contribution in [2.45, 2.75) is 32.5 Å². The van der Waals surface area contributed by atoms with E-state index < -0.39 is 6.61 Å². The normalized spacial score (nSPS) is 19.6. The van der Waals surface area contributed by atoms with Gasteiger partial charge in [0, 0.05) is 5.56 Å². The van der Waals surface area contributed by atoms with E-state index in [2.05, 4.69) is 4.74 Å². The van der Waals surface area contributed by atoms with Crippen molar-refractivity contribution in [1.82, 2.24) is 0 Å². The van der Waals surface area contributed by atoms with Crippen LogP contribution in [-0.2, 0) is 11.2 Å². The standard InChI is InChI=1S/C12H14F2O2/c1-2-10-8-4-3-5-11(16-12(13)14)9(8)6-7-15-10/h3-5,10,12H,2,6-7H2,1H3. The Labute approximate surface area is 93.2 Å². The molecule has 16 heavy (non-hydrogen) atoms. The molecule has 1 atom stereocenters. The number of ether oxygens (including phenoxy) is 2. The Hall–Kier alpha value is -1.16. The Balaban J connectivity index is 2.34. The first-order chi connectivity index (χ1) is 7.72. The molecule has 0 amide bonds. The average molecular weight is 228 g/mol.